The van der Waals surface area contributed by atoms with Gasteiger partial charge in [0.15, 0.2) is 5.16 Å². The Balaban J connectivity index is 2.35. The Morgan fingerprint density at radius 2 is 2.05 bits per heavy atom. The molecule has 0 radical (unpaired) electrons. The van der Waals surface area contributed by atoms with Gasteiger partial charge in [0, 0.05) is 20.6 Å². The summed E-state index contributed by atoms with van der Waals surface area (Å²) in [4.78, 5) is 14.2. The van der Waals surface area contributed by atoms with Crippen LogP contribution in [0, 0.1) is 6.92 Å². The van der Waals surface area contributed by atoms with Gasteiger partial charge in [0.2, 0.25) is 5.91 Å². The maximum atomic E-state index is 12.6. The molecule has 1 aromatic heterocycles. The number of rotatable bonds is 6. The van der Waals surface area contributed by atoms with Crippen molar-refractivity contribution in [2.45, 2.75) is 23.9 Å². The molecule has 0 bridgehead atoms. The van der Waals surface area contributed by atoms with E-state index >= 15 is 0 Å². The zero-order valence-corrected chi connectivity index (χ0v) is 13.9. The summed E-state index contributed by atoms with van der Waals surface area (Å²) >= 11 is 1.42. The SMILES string of the molecule is C=CCn1c(C)nnc1SC(C(=O)N(C)C)c1ccccc1. The lowest BCUT2D eigenvalue weighted by Crippen LogP contribution is -2.27. The van der Waals surface area contributed by atoms with E-state index in [2.05, 4.69) is 16.8 Å². The summed E-state index contributed by atoms with van der Waals surface area (Å²) in [6.45, 7) is 6.28. The van der Waals surface area contributed by atoms with Gasteiger partial charge in [-0.15, -0.1) is 16.8 Å². The monoisotopic (exact) mass is 316 g/mol. The van der Waals surface area contributed by atoms with E-state index in [0.717, 1.165) is 16.5 Å². The van der Waals surface area contributed by atoms with Crippen LogP contribution < -0.4 is 0 Å². The maximum absolute atomic E-state index is 12.6. The number of carbonyl (C=O) groups excluding carboxylic acids is 1. The molecule has 0 saturated carbocycles. The van der Waals surface area contributed by atoms with Crippen molar-refractivity contribution in [1.82, 2.24) is 19.7 Å². The van der Waals surface area contributed by atoms with E-state index in [1.165, 1.54) is 11.8 Å². The molecule has 1 atom stereocenters. The third kappa shape index (κ3) is 3.57. The molecule has 0 spiro atoms. The number of likely N-dealkylation sites (N-methyl/N-ethyl adjacent to an activating group) is 1. The van der Waals surface area contributed by atoms with Crippen molar-refractivity contribution >= 4 is 17.7 Å². The van der Waals surface area contributed by atoms with Crippen LogP contribution in [-0.2, 0) is 11.3 Å². The van der Waals surface area contributed by atoms with Crippen molar-refractivity contribution in [3.05, 3.63) is 54.4 Å². The molecule has 22 heavy (non-hydrogen) atoms. The number of aryl methyl sites for hydroxylation is 1. The van der Waals surface area contributed by atoms with E-state index in [9.17, 15) is 4.79 Å². The minimum absolute atomic E-state index is 0.0296. The van der Waals surface area contributed by atoms with Gasteiger partial charge in [-0.05, 0) is 12.5 Å². The highest BCUT2D eigenvalue weighted by Crippen LogP contribution is 2.35. The highest BCUT2D eigenvalue weighted by molar-refractivity contribution is 8.00. The molecule has 6 heteroatoms. The lowest BCUT2D eigenvalue weighted by atomic mass is 10.1. The molecule has 0 aliphatic carbocycles. The van der Waals surface area contributed by atoms with E-state index in [1.54, 1.807) is 25.1 Å². The van der Waals surface area contributed by atoms with Gasteiger partial charge in [-0.2, -0.15) is 0 Å². The minimum atomic E-state index is -0.344. The standard InChI is InChI=1S/C16H20N4OS/c1-5-11-20-12(2)17-18-16(20)22-14(15(21)19(3)4)13-9-7-6-8-10-13/h5-10,14H,1,11H2,2-4H3. The molecule has 0 N–H and O–H groups in total. The number of hydrogen-bond acceptors (Lipinski definition) is 4. The van der Waals surface area contributed by atoms with Gasteiger partial charge in [0.05, 0.1) is 0 Å². The Bertz CT molecular complexity index is 651. The summed E-state index contributed by atoms with van der Waals surface area (Å²) in [5.74, 6) is 0.841. The molecular weight excluding hydrogens is 296 g/mol. The van der Waals surface area contributed by atoms with Crippen LogP contribution in [0.5, 0.6) is 0 Å². The molecule has 0 fully saturated rings. The summed E-state index contributed by atoms with van der Waals surface area (Å²) in [6.07, 6.45) is 1.80. The van der Waals surface area contributed by atoms with Crippen LogP contribution in [0.3, 0.4) is 0 Å². The molecule has 1 amide bonds. The summed E-state index contributed by atoms with van der Waals surface area (Å²) in [5, 5.41) is 8.68. The van der Waals surface area contributed by atoms with E-state index in [4.69, 9.17) is 0 Å². The Morgan fingerprint density at radius 3 is 2.64 bits per heavy atom. The third-order valence-corrected chi connectivity index (χ3v) is 4.43. The molecule has 0 aliphatic rings. The van der Waals surface area contributed by atoms with Crippen LogP contribution in [0.25, 0.3) is 0 Å². The lowest BCUT2D eigenvalue weighted by Gasteiger charge is -2.20. The molecule has 0 aliphatic heterocycles. The van der Waals surface area contributed by atoms with Crippen LogP contribution in [0.1, 0.15) is 16.6 Å². The van der Waals surface area contributed by atoms with Crippen molar-refractivity contribution in [2.75, 3.05) is 14.1 Å². The predicted octanol–water partition coefficient (Wildman–Crippen LogP) is 2.69. The van der Waals surface area contributed by atoms with Crippen molar-refractivity contribution in [3.8, 4) is 0 Å². The molecular formula is C16H20N4OS. The van der Waals surface area contributed by atoms with Gasteiger partial charge in [-0.25, -0.2) is 0 Å². The number of amides is 1. The highest BCUT2D eigenvalue weighted by Gasteiger charge is 2.26. The number of carbonyl (C=O) groups is 1. The van der Waals surface area contributed by atoms with E-state index in [1.807, 2.05) is 41.8 Å². The number of aromatic nitrogens is 3. The molecule has 5 nitrogen and oxygen atoms in total. The second-order valence-corrected chi connectivity index (χ2v) is 6.14. The molecule has 116 valence electrons. The van der Waals surface area contributed by atoms with Gasteiger partial charge in [-0.3, -0.25) is 4.79 Å². The second kappa shape index (κ2) is 7.26. The molecule has 2 rings (SSSR count). The summed E-state index contributed by atoms with van der Waals surface area (Å²) in [7, 11) is 3.52. The number of nitrogens with zero attached hydrogens (tertiary/aromatic N) is 4. The Labute approximate surface area is 135 Å². The molecule has 1 heterocycles. The van der Waals surface area contributed by atoms with Crippen LogP contribution in [0.4, 0.5) is 0 Å². The maximum Gasteiger partial charge on any atom is 0.240 e. The minimum Gasteiger partial charge on any atom is -0.348 e. The largest absolute Gasteiger partial charge is 0.348 e. The first-order chi connectivity index (χ1) is 10.5. The van der Waals surface area contributed by atoms with Crippen molar-refractivity contribution in [3.63, 3.8) is 0 Å². The smallest absolute Gasteiger partial charge is 0.240 e. The molecule has 1 aromatic carbocycles. The number of allylic oxidation sites excluding steroid dienone is 1. The molecule has 1 unspecified atom stereocenters. The van der Waals surface area contributed by atoms with Gasteiger partial charge < -0.3 is 9.47 Å². The van der Waals surface area contributed by atoms with Crippen LogP contribution >= 0.6 is 11.8 Å². The van der Waals surface area contributed by atoms with Crippen LogP contribution in [-0.4, -0.2) is 39.7 Å². The highest BCUT2D eigenvalue weighted by atomic mass is 32.2. The fraction of sp³-hybridized carbons (Fsp3) is 0.312. The normalized spacial score (nSPS) is 12.0. The topological polar surface area (TPSA) is 51.0 Å². The second-order valence-electron chi connectivity index (χ2n) is 5.07. The predicted molar refractivity (Wildman–Crippen MR) is 88.7 cm³/mol. The first-order valence-corrected chi connectivity index (χ1v) is 7.86. The van der Waals surface area contributed by atoms with E-state index in [-0.39, 0.29) is 11.2 Å². The zero-order chi connectivity index (χ0) is 16.1. The number of thioether (sulfide) groups is 1. The average molecular weight is 316 g/mol. The first kappa shape index (κ1) is 16.3. The van der Waals surface area contributed by atoms with Crippen molar-refractivity contribution < 1.29 is 4.79 Å². The lowest BCUT2D eigenvalue weighted by molar-refractivity contribution is -0.128. The molecule has 0 saturated heterocycles. The first-order valence-electron chi connectivity index (χ1n) is 6.98. The number of hydrogen-bond donors (Lipinski definition) is 0. The fourth-order valence-corrected chi connectivity index (χ4v) is 3.25. The average Bonchev–Trinajstić information content (AvgIpc) is 2.86. The van der Waals surface area contributed by atoms with E-state index in [0.29, 0.717) is 6.54 Å². The summed E-state index contributed by atoms with van der Waals surface area (Å²) in [5.41, 5.74) is 0.956. The van der Waals surface area contributed by atoms with Gasteiger partial charge >= 0.3 is 0 Å². The quantitative estimate of drug-likeness (QED) is 0.607. The summed E-state index contributed by atoms with van der Waals surface area (Å²) < 4.78 is 1.95. The Kier molecular flexibility index (Phi) is 5.38. The summed E-state index contributed by atoms with van der Waals surface area (Å²) in [6, 6.07) is 9.73. The van der Waals surface area contributed by atoms with Crippen LogP contribution in [0.15, 0.2) is 48.1 Å². The van der Waals surface area contributed by atoms with Gasteiger partial charge in [0.25, 0.3) is 0 Å². The van der Waals surface area contributed by atoms with Gasteiger partial charge in [0.1, 0.15) is 11.1 Å². The molecule has 2 aromatic rings. The van der Waals surface area contributed by atoms with Crippen molar-refractivity contribution in [1.29, 1.82) is 0 Å². The van der Waals surface area contributed by atoms with Crippen molar-refractivity contribution in [2.24, 2.45) is 0 Å². The number of benzene rings is 1. The van der Waals surface area contributed by atoms with E-state index < -0.39 is 0 Å². The van der Waals surface area contributed by atoms with Crippen LogP contribution in [0.2, 0.25) is 0 Å². The fourth-order valence-electron chi connectivity index (χ4n) is 2.02. The van der Waals surface area contributed by atoms with Gasteiger partial charge in [-0.1, -0.05) is 48.2 Å². The Hall–Kier alpha value is -2.08. The third-order valence-electron chi connectivity index (χ3n) is 3.20. The Morgan fingerprint density at radius 1 is 1.36 bits per heavy atom. The zero-order valence-electron chi connectivity index (χ0n) is 13.1.